The van der Waals surface area contributed by atoms with E-state index in [0.29, 0.717) is 0 Å². The van der Waals surface area contributed by atoms with Gasteiger partial charge in [0.2, 0.25) is 0 Å². The molecule has 0 unspecified atom stereocenters. The summed E-state index contributed by atoms with van der Waals surface area (Å²) in [5, 5.41) is 0. The van der Waals surface area contributed by atoms with Gasteiger partial charge < -0.3 is 4.90 Å². The topological polar surface area (TPSA) is 41.9 Å². The van der Waals surface area contributed by atoms with Gasteiger partial charge in [0.05, 0.1) is 28.5 Å². The summed E-state index contributed by atoms with van der Waals surface area (Å²) in [7, 11) is 0. The molecule has 0 atom stereocenters. The van der Waals surface area contributed by atoms with E-state index in [1.807, 2.05) is 36.4 Å². The van der Waals surface area contributed by atoms with Crippen LogP contribution in [-0.4, -0.2) is 15.0 Å². The maximum Gasteiger partial charge on any atom is 0.0915 e. The molecule has 0 bridgehead atoms. The van der Waals surface area contributed by atoms with Crippen molar-refractivity contribution in [2.75, 3.05) is 4.90 Å². The van der Waals surface area contributed by atoms with E-state index in [1.54, 1.807) is 12.4 Å². The average molecular weight is 513 g/mol. The number of hydrogen-bond donors (Lipinski definition) is 0. The highest BCUT2D eigenvalue weighted by atomic mass is 15.1. The van der Waals surface area contributed by atoms with Crippen LogP contribution in [0.5, 0.6) is 0 Å². The molecule has 196 valence electrons. The van der Waals surface area contributed by atoms with Gasteiger partial charge in [0.15, 0.2) is 0 Å². The molecule has 5 rings (SSSR count). The van der Waals surface area contributed by atoms with Gasteiger partial charge in [-0.1, -0.05) is 77.9 Å². The fourth-order valence-electron chi connectivity index (χ4n) is 4.60. The van der Waals surface area contributed by atoms with E-state index >= 15 is 0 Å². The van der Waals surface area contributed by atoms with Crippen molar-refractivity contribution in [2.45, 2.75) is 52.4 Å². The molecule has 3 aromatic heterocycles. The molecule has 0 spiro atoms. The Bertz CT molecular complexity index is 1410. The molecule has 0 saturated heterocycles. The summed E-state index contributed by atoms with van der Waals surface area (Å²) in [6.07, 6.45) is 3.61. The monoisotopic (exact) mass is 512 g/mol. The summed E-state index contributed by atoms with van der Waals surface area (Å²) in [6, 6.07) is 33.8. The van der Waals surface area contributed by atoms with Gasteiger partial charge in [-0.2, -0.15) is 0 Å². The second-order valence-corrected chi connectivity index (χ2v) is 12.0. The largest absolute Gasteiger partial charge is 0.310 e. The molecule has 4 heteroatoms. The van der Waals surface area contributed by atoms with E-state index in [1.165, 1.54) is 11.1 Å². The van der Waals surface area contributed by atoms with E-state index in [9.17, 15) is 0 Å². The molecular weight excluding hydrogens is 476 g/mol. The predicted octanol–water partition coefficient (Wildman–Crippen LogP) is 9.27. The molecule has 0 aliphatic heterocycles. The normalized spacial score (nSPS) is 11.8. The third-order valence-electron chi connectivity index (χ3n) is 6.91. The van der Waals surface area contributed by atoms with Gasteiger partial charge in [0.25, 0.3) is 0 Å². The Morgan fingerprint density at radius 1 is 0.462 bits per heavy atom. The molecule has 3 heterocycles. The van der Waals surface area contributed by atoms with Gasteiger partial charge in [-0.25, -0.2) is 4.98 Å². The first-order chi connectivity index (χ1) is 18.6. The minimum Gasteiger partial charge on any atom is -0.310 e. The van der Waals surface area contributed by atoms with E-state index in [-0.39, 0.29) is 10.8 Å². The number of benzene rings is 2. The molecule has 0 amide bonds. The van der Waals surface area contributed by atoms with Gasteiger partial charge >= 0.3 is 0 Å². The van der Waals surface area contributed by atoms with Crippen LogP contribution in [0, 0.1) is 0 Å². The fraction of sp³-hybridized carbons (Fsp3) is 0.229. The lowest BCUT2D eigenvalue weighted by molar-refractivity contribution is 0.590. The molecule has 4 nitrogen and oxygen atoms in total. The number of rotatable bonds is 5. The van der Waals surface area contributed by atoms with Gasteiger partial charge in [0, 0.05) is 23.8 Å². The standard InChI is InChI=1S/C35H36N4/c1-34(2,3)25-13-17-27(18-14-25)39(28-19-15-26(16-20-28)35(4,5)6)29-23-32(30-11-7-9-21-36-30)38-33(24-29)31-12-8-10-22-37-31/h7-24H,1-6H3. The second kappa shape index (κ2) is 10.5. The van der Waals surface area contributed by atoms with Gasteiger partial charge in [-0.15, -0.1) is 0 Å². The first-order valence-electron chi connectivity index (χ1n) is 13.5. The number of pyridine rings is 3. The summed E-state index contributed by atoms with van der Waals surface area (Å²) in [5.41, 5.74) is 9.16. The van der Waals surface area contributed by atoms with Crippen LogP contribution in [0.3, 0.4) is 0 Å². The third-order valence-corrected chi connectivity index (χ3v) is 6.91. The molecule has 39 heavy (non-hydrogen) atoms. The Morgan fingerprint density at radius 3 is 1.21 bits per heavy atom. The van der Waals surface area contributed by atoms with Crippen LogP contribution in [-0.2, 0) is 10.8 Å². The van der Waals surface area contributed by atoms with E-state index in [4.69, 9.17) is 4.98 Å². The minimum absolute atomic E-state index is 0.0761. The second-order valence-electron chi connectivity index (χ2n) is 12.0. The lowest BCUT2D eigenvalue weighted by atomic mass is 9.86. The van der Waals surface area contributed by atoms with Crippen LogP contribution in [0.4, 0.5) is 17.1 Å². The fourth-order valence-corrected chi connectivity index (χ4v) is 4.60. The van der Waals surface area contributed by atoms with Crippen molar-refractivity contribution < 1.29 is 0 Å². The van der Waals surface area contributed by atoms with Crippen LogP contribution in [0.2, 0.25) is 0 Å². The highest BCUT2D eigenvalue weighted by Gasteiger charge is 2.20. The summed E-state index contributed by atoms with van der Waals surface area (Å²) >= 11 is 0. The SMILES string of the molecule is CC(C)(C)c1ccc(N(c2ccc(C(C)(C)C)cc2)c2cc(-c3ccccn3)nc(-c3ccccn3)c2)cc1. The van der Waals surface area contributed by atoms with Gasteiger partial charge in [0.1, 0.15) is 0 Å². The van der Waals surface area contributed by atoms with Crippen molar-refractivity contribution in [1.29, 1.82) is 0 Å². The molecule has 0 saturated carbocycles. The van der Waals surface area contributed by atoms with Crippen LogP contribution < -0.4 is 4.90 Å². The Kier molecular flexibility index (Phi) is 7.05. The van der Waals surface area contributed by atoms with E-state index in [0.717, 1.165) is 39.8 Å². The van der Waals surface area contributed by atoms with Crippen molar-refractivity contribution in [2.24, 2.45) is 0 Å². The first kappa shape index (κ1) is 26.3. The molecular formula is C35H36N4. The average Bonchev–Trinajstić information content (AvgIpc) is 2.94. The lowest BCUT2D eigenvalue weighted by Crippen LogP contribution is -2.14. The predicted molar refractivity (Wildman–Crippen MR) is 163 cm³/mol. The summed E-state index contributed by atoms with van der Waals surface area (Å²) < 4.78 is 0. The summed E-state index contributed by atoms with van der Waals surface area (Å²) in [5.74, 6) is 0. The Morgan fingerprint density at radius 2 is 0.872 bits per heavy atom. The van der Waals surface area contributed by atoms with Crippen molar-refractivity contribution >= 4 is 17.1 Å². The minimum atomic E-state index is 0.0761. The molecule has 0 fully saturated rings. The lowest BCUT2D eigenvalue weighted by Gasteiger charge is -2.28. The van der Waals surface area contributed by atoms with Crippen LogP contribution in [0.15, 0.2) is 109 Å². The molecule has 0 aliphatic carbocycles. The summed E-state index contributed by atoms with van der Waals surface area (Å²) in [6.45, 7) is 13.5. The van der Waals surface area contributed by atoms with E-state index < -0.39 is 0 Å². The zero-order valence-corrected chi connectivity index (χ0v) is 23.7. The Balaban J connectivity index is 1.72. The van der Waals surface area contributed by atoms with Crippen LogP contribution >= 0.6 is 0 Å². The Hall–Kier alpha value is -4.31. The third kappa shape index (κ3) is 5.91. The van der Waals surface area contributed by atoms with Crippen LogP contribution in [0.25, 0.3) is 22.8 Å². The zero-order chi connectivity index (χ0) is 27.6. The highest BCUT2D eigenvalue weighted by molar-refractivity contribution is 5.81. The van der Waals surface area contributed by atoms with Gasteiger partial charge in [-0.05, 0) is 82.6 Å². The van der Waals surface area contributed by atoms with Crippen LogP contribution in [0.1, 0.15) is 52.7 Å². The smallest absolute Gasteiger partial charge is 0.0915 e. The number of aromatic nitrogens is 3. The maximum atomic E-state index is 4.98. The van der Waals surface area contributed by atoms with Crippen molar-refractivity contribution in [3.05, 3.63) is 121 Å². The zero-order valence-electron chi connectivity index (χ0n) is 23.7. The molecule has 0 aliphatic rings. The van der Waals surface area contributed by atoms with Crippen molar-refractivity contribution in [3.63, 3.8) is 0 Å². The summed E-state index contributed by atoms with van der Waals surface area (Å²) in [4.78, 5) is 16.5. The quantitative estimate of drug-likeness (QED) is 0.235. The molecule has 5 aromatic rings. The molecule has 2 aromatic carbocycles. The highest BCUT2D eigenvalue weighted by Crippen LogP contribution is 2.39. The molecule has 0 N–H and O–H groups in total. The Labute approximate surface area is 232 Å². The van der Waals surface area contributed by atoms with Crippen molar-refractivity contribution in [1.82, 2.24) is 15.0 Å². The number of nitrogens with zero attached hydrogens (tertiary/aromatic N) is 4. The van der Waals surface area contributed by atoms with E-state index in [2.05, 4.69) is 117 Å². The first-order valence-corrected chi connectivity index (χ1v) is 13.5. The number of anilines is 3. The van der Waals surface area contributed by atoms with Gasteiger partial charge in [-0.3, -0.25) is 9.97 Å². The maximum absolute atomic E-state index is 4.98. The molecule has 0 radical (unpaired) electrons. The number of hydrogen-bond acceptors (Lipinski definition) is 4. The van der Waals surface area contributed by atoms with Crippen molar-refractivity contribution in [3.8, 4) is 22.8 Å².